The molecule has 2 heterocycles. The lowest BCUT2D eigenvalue weighted by Gasteiger charge is -2.35. The quantitative estimate of drug-likeness (QED) is 0.236. The number of aryl methyl sites for hydroxylation is 2. The Morgan fingerprint density at radius 1 is 1.00 bits per heavy atom. The van der Waals surface area contributed by atoms with Crippen LogP contribution in [0.5, 0.6) is 11.6 Å². The number of rotatable bonds is 7. The van der Waals surface area contributed by atoms with Crippen LogP contribution in [0.3, 0.4) is 0 Å². The van der Waals surface area contributed by atoms with Crippen LogP contribution in [0.25, 0.3) is 0 Å². The predicted octanol–water partition coefficient (Wildman–Crippen LogP) is 7.08. The van der Waals surface area contributed by atoms with E-state index in [0.717, 1.165) is 24.2 Å². The van der Waals surface area contributed by atoms with Crippen LogP contribution in [-0.4, -0.2) is 54.0 Å². The Labute approximate surface area is 248 Å². The summed E-state index contributed by atoms with van der Waals surface area (Å²) in [7, 11) is 2.04. The van der Waals surface area contributed by atoms with E-state index >= 15 is 4.39 Å². The summed E-state index contributed by atoms with van der Waals surface area (Å²) in [5.41, 5.74) is 3.52. The standard InChI is InChI=1S/C30H29Cl2FN6O2/c1-18-6-4-7-19(2)26(18)36-28(40)21-17-34-30(37-29(21)41-25-11-10-20(31)16-22(25)32)35-24-9-5-8-23(33)27(24)39-14-12-38(3)13-15-39/h4-11,16-17H,12-15H2,1-3H3,(H,36,40)(H,34,35,37). The second-order valence-corrected chi connectivity index (χ2v) is 10.7. The Morgan fingerprint density at radius 3 is 2.41 bits per heavy atom. The van der Waals surface area contributed by atoms with Gasteiger partial charge in [-0.3, -0.25) is 4.79 Å². The number of carbonyl (C=O) groups excluding carboxylic acids is 1. The molecule has 0 aliphatic carbocycles. The average molecular weight is 596 g/mol. The zero-order valence-electron chi connectivity index (χ0n) is 22.8. The molecule has 212 valence electrons. The molecule has 0 saturated carbocycles. The number of para-hydroxylation sites is 2. The van der Waals surface area contributed by atoms with Crippen molar-refractivity contribution in [2.45, 2.75) is 13.8 Å². The minimum atomic E-state index is -0.460. The number of hydrogen-bond donors (Lipinski definition) is 2. The number of nitrogens with one attached hydrogen (secondary N) is 2. The van der Waals surface area contributed by atoms with Crippen molar-refractivity contribution in [2.75, 3.05) is 48.8 Å². The molecule has 1 aromatic heterocycles. The fourth-order valence-electron chi connectivity index (χ4n) is 4.60. The van der Waals surface area contributed by atoms with Gasteiger partial charge in [0.05, 0.1) is 16.4 Å². The highest BCUT2D eigenvalue weighted by Gasteiger charge is 2.23. The van der Waals surface area contributed by atoms with Crippen molar-refractivity contribution in [3.63, 3.8) is 0 Å². The summed E-state index contributed by atoms with van der Waals surface area (Å²) in [6.45, 7) is 6.80. The highest BCUT2D eigenvalue weighted by Crippen LogP contribution is 2.35. The van der Waals surface area contributed by atoms with Crippen molar-refractivity contribution in [3.8, 4) is 11.6 Å². The zero-order valence-corrected chi connectivity index (χ0v) is 24.4. The first-order valence-corrected chi connectivity index (χ1v) is 13.8. The van der Waals surface area contributed by atoms with E-state index in [1.807, 2.05) is 44.0 Å². The molecule has 4 aromatic rings. The molecule has 0 radical (unpaired) electrons. The summed E-state index contributed by atoms with van der Waals surface area (Å²) in [6, 6.07) is 15.3. The molecule has 0 spiro atoms. The Morgan fingerprint density at radius 2 is 1.71 bits per heavy atom. The highest BCUT2D eigenvalue weighted by atomic mass is 35.5. The van der Waals surface area contributed by atoms with Crippen LogP contribution in [0.15, 0.2) is 60.8 Å². The third kappa shape index (κ3) is 6.53. The normalized spacial score (nSPS) is 13.7. The summed E-state index contributed by atoms with van der Waals surface area (Å²) in [6.07, 6.45) is 1.37. The van der Waals surface area contributed by atoms with E-state index in [1.54, 1.807) is 24.3 Å². The summed E-state index contributed by atoms with van der Waals surface area (Å²) in [4.78, 5) is 26.6. The van der Waals surface area contributed by atoms with Gasteiger partial charge in [0.25, 0.3) is 5.91 Å². The number of likely N-dealkylation sites (N-methyl/N-ethyl adjacent to an activating group) is 1. The lowest BCUT2D eigenvalue weighted by atomic mass is 10.1. The number of halogens is 3. The summed E-state index contributed by atoms with van der Waals surface area (Å²) in [5, 5.41) is 6.74. The SMILES string of the molecule is Cc1cccc(C)c1NC(=O)c1cnc(Nc2cccc(F)c2N2CCN(C)CC2)nc1Oc1ccc(Cl)cc1Cl. The second-order valence-electron chi connectivity index (χ2n) is 9.86. The molecule has 1 fully saturated rings. The maximum atomic E-state index is 15.1. The number of benzene rings is 3. The van der Waals surface area contributed by atoms with Crippen LogP contribution in [-0.2, 0) is 0 Å². The molecule has 5 rings (SSSR count). The Kier molecular flexibility index (Phi) is 8.58. The van der Waals surface area contributed by atoms with Crippen molar-refractivity contribution in [1.29, 1.82) is 0 Å². The first-order chi connectivity index (χ1) is 19.7. The fraction of sp³-hybridized carbons (Fsp3) is 0.233. The maximum Gasteiger partial charge on any atom is 0.262 e. The van der Waals surface area contributed by atoms with Gasteiger partial charge >= 0.3 is 0 Å². The van der Waals surface area contributed by atoms with Gasteiger partial charge in [-0.2, -0.15) is 4.98 Å². The van der Waals surface area contributed by atoms with E-state index in [2.05, 4.69) is 25.5 Å². The number of nitrogens with zero attached hydrogens (tertiary/aromatic N) is 4. The largest absolute Gasteiger partial charge is 0.436 e. The van der Waals surface area contributed by atoms with Crippen LogP contribution in [0, 0.1) is 19.7 Å². The fourth-order valence-corrected chi connectivity index (χ4v) is 5.05. The van der Waals surface area contributed by atoms with Gasteiger partial charge in [-0.1, -0.05) is 47.5 Å². The zero-order chi connectivity index (χ0) is 29.1. The molecular weight excluding hydrogens is 566 g/mol. The molecule has 0 bridgehead atoms. The minimum Gasteiger partial charge on any atom is -0.436 e. The smallest absolute Gasteiger partial charge is 0.262 e. The summed E-state index contributed by atoms with van der Waals surface area (Å²) in [5.74, 6) is -0.472. The lowest BCUT2D eigenvalue weighted by Crippen LogP contribution is -2.45. The van der Waals surface area contributed by atoms with Crippen molar-refractivity contribution in [3.05, 3.63) is 93.3 Å². The third-order valence-corrected chi connectivity index (χ3v) is 7.40. The summed E-state index contributed by atoms with van der Waals surface area (Å²) < 4.78 is 21.1. The molecule has 41 heavy (non-hydrogen) atoms. The number of ether oxygens (including phenoxy) is 1. The van der Waals surface area contributed by atoms with Crippen LogP contribution in [0.4, 0.5) is 27.4 Å². The van der Waals surface area contributed by atoms with E-state index in [-0.39, 0.29) is 34.0 Å². The minimum absolute atomic E-state index is 0.0342. The van der Waals surface area contributed by atoms with E-state index in [4.69, 9.17) is 27.9 Å². The predicted molar refractivity (Wildman–Crippen MR) is 162 cm³/mol. The molecule has 11 heteroatoms. The molecule has 1 aliphatic rings. The van der Waals surface area contributed by atoms with Crippen molar-refractivity contribution in [2.24, 2.45) is 0 Å². The highest BCUT2D eigenvalue weighted by molar-refractivity contribution is 6.35. The van der Waals surface area contributed by atoms with Gasteiger partial charge in [0, 0.05) is 43.1 Å². The van der Waals surface area contributed by atoms with E-state index in [9.17, 15) is 4.79 Å². The van der Waals surface area contributed by atoms with E-state index in [0.29, 0.717) is 35.2 Å². The van der Waals surface area contributed by atoms with Crippen molar-refractivity contribution >= 4 is 52.1 Å². The van der Waals surface area contributed by atoms with Gasteiger partial charge in [-0.15, -0.1) is 0 Å². The number of amides is 1. The number of hydrogen-bond acceptors (Lipinski definition) is 7. The molecule has 3 aromatic carbocycles. The Balaban J connectivity index is 1.50. The van der Waals surface area contributed by atoms with Crippen LogP contribution in [0.1, 0.15) is 21.5 Å². The van der Waals surface area contributed by atoms with Crippen LogP contribution < -0.4 is 20.3 Å². The molecule has 0 atom stereocenters. The van der Waals surface area contributed by atoms with Crippen LogP contribution in [0.2, 0.25) is 10.0 Å². The maximum absolute atomic E-state index is 15.1. The van der Waals surface area contributed by atoms with Gasteiger partial charge in [0.2, 0.25) is 11.8 Å². The average Bonchev–Trinajstić information content (AvgIpc) is 2.93. The van der Waals surface area contributed by atoms with E-state index in [1.165, 1.54) is 18.3 Å². The molecular formula is C30H29Cl2FN6O2. The van der Waals surface area contributed by atoms with E-state index < -0.39 is 5.91 Å². The second kappa shape index (κ2) is 12.3. The first-order valence-electron chi connectivity index (χ1n) is 13.1. The topological polar surface area (TPSA) is 82.6 Å². The molecule has 1 amide bonds. The van der Waals surface area contributed by atoms with Gasteiger partial charge in [-0.25, -0.2) is 9.37 Å². The molecule has 0 unspecified atom stereocenters. The number of carbonyl (C=O) groups is 1. The number of anilines is 4. The first kappa shape index (κ1) is 28.6. The van der Waals surface area contributed by atoms with Gasteiger partial charge in [0.15, 0.2) is 0 Å². The molecule has 1 aliphatic heterocycles. The van der Waals surface area contributed by atoms with Gasteiger partial charge < -0.3 is 25.2 Å². The Hall–Kier alpha value is -3.92. The molecule has 1 saturated heterocycles. The molecule has 2 N–H and O–H groups in total. The molecule has 8 nitrogen and oxygen atoms in total. The number of piperazine rings is 1. The van der Waals surface area contributed by atoms with Crippen molar-refractivity contribution < 1.29 is 13.9 Å². The summed E-state index contributed by atoms with van der Waals surface area (Å²) >= 11 is 12.4. The number of aromatic nitrogens is 2. The van der Waals surface area contributed by atoms with Crippen molar-refractivity contribution in [1.82, 2.24) is 14.9 Å². The Bertz CT molecular complexity index is 1570. The van der Waals surface area contributed by atoms with Crippen LogP contribution >= 0.6 is 23.2 Å². The lowest BCUT2D eigenvalue weighted by molar-refractivity contribution is 0.102. The third-order valence-electron chi connectivity index (χ3n) is 6.87. The van der Waals surface area contributed by atoms with Gasteiger partial charge in [0.1, 0.15) is 17.1 Å². The monoisotopic (exact) mass is 594 g/mol. The van der Waals surface area contributed by atoms with Gasteiger partial charge in [-0.05, 0) is 62.4 Å².